The molecule has 0 spiro atoms. The van der Waals surface area contributed by atoms with Gasteiger partial charge in [-0.15, -0.1) is 11.3 Å². The van der Waals surface area contributed by atoms with E-state index in [2.05, 4.69) is 94.9 Å². The maximum atomic E-state index is 4.99. The van der Waals surface area contributed by atoms with Gasteiger partial charge in [0.2, 0.25) is 0 Å². The number of hydrogen-bond donors (Lipinski definition) is 2. The average Bonchev–Trinajstić information content (AvgIpc) is 3.62. The predicted octanol–water partition coefficient (Wildman–Crippen LogP) is 7.54. The van der Waals surface area contributed by atoms with Crippen molar-refractivity contribution in [1.29, 1.82) is 0 Å². The van der Waals surface area contributed by atoms with E-state index in [9.17, 15) is 0 Å². The summed E-state index contributed by atoms with van der Waals surface area (Å²) in [7, 11) is 0. The van der Waals surface area contributed by atoms with Gasteiger partial charge in [-0.05, 0) is 84.3 Å². The van der Waals surface area contributed by atoms with Crippen LogP contribution < -0.4 is 0 Å². The molecule has 156 valence electrons. The second kappa shape index (κ2) is 7.15. The maximum absolute atomic E-state index is 4.99. The van der Waals surface area contributed by atoms with Crippen molar-refractivity contribution >= 4 is 67.8 Å². The number of aromatic nitrogens is 4. The third-order valence-electron chi connectivity index (χ3n) is 5.89. The molecule has 33 heavy (non-hydrogen) atoms. The summed E-state index contributed by atoms with van der Waals surface area (Å²) in [4.78, 5) is 18.0. The van der Waals surface area contributed by atoms with Crippen LogP contribution in [-0.4, -0.2) is 19.9 Å². The van der Waals surface area contributed by atoms with Crippen LogP contribution in [0.3, 0.4) is 0 Å². The van der Waals surface area contributed by atoms with Crippen LogP contribution in [0.15, 0.2) is 72.8 Å². The number of fused-ring (bicyclic) bond motifs is 9. The normalized spacial score (nSPS) is 12.6. The van der Waals surface area contributed by atoms with E-state index in [4.69, 9.17) is 9.97 Å². The fourth-order valence-electron chi connectivity index (χ4n) is 4.37. The molecule has 8 bridgehead atoms. The van der Waals surface area contributed by atoms with Crippen molar-refractivity contribution in [3.63, 3.8) is 0 Å². The van der Waals surface area contributed by atoms with Crippen LogP contribution in [0.2, 0.25) is 0 Å². The topological polar surface area (TPSA) is 57.4 Å². The first-order valence-corrected chi connectivity index (χ1v) is 11.6. The second-order valence-electron chi connectivity index (χ2n) is 8.20. The van der Waals surface area contributed by atoms with Gasteiger partial charge in [-0.1, -0.05) is 18.2 Å². The summed E-state index contributed by atoms with van der Waals surface area (Å²) in [5, 5.41) is 1.25. The van der Waals surface area contributed by atoms with Crippen molar-refractivity contribution in [2.45, 2.75) is 0 Å². The van der Waals surface area contributed by atoms with Crippen LogP contribution in [-0.2, 0) is 0 Å². The maximum Gasteiger partial charge on any atom is 0.0745 e. The summed E-state index contributed by atoms with van der Waals surface area (Å²) >= 11 is 1.79. The highest BCUT2D eigenvalue weighted by molar-refractivity contribution is 7.22. The first-order chi connectivity index (χ1) is 16.3. The first kappa shape index (κ1) is 18.4. The molecule has 5 heteroatoms. The molecule has 0 radical (unpaired) electrons. The van der Waals surface area contributed by atoms with Crippen molar-refractivity contribution in [3.05, 3.63) is 95.6 Å². The number of benzene rings is 1. The summed E-state index contributed by atoms with van der Waals surface area (Å²) in [6.07, 6.45) is 8.26. The number of rotatable bonds is 1. The van der Waals surface area contributed by atoms with Gasteiger partial charge in [0.1, 0.15) is 0 Å². The number of thiophene rings is 1. The molecule has 0 saturated heterocycles. The van der Waals surface area contributed by atoms with Crippen LogP contribution in [0, 0.1) is 0 Å². The third kappa shape index (κ3) is 3.30. The molecular weight excluding hydrogens is 424 g/mol. The minimum atomic E-state index is 0.927. The highest BCUT2D eigenvalue weighted by atomic mass is 32.1. The predicted molar refractivity (Wildman–Crippen MR) is 140 cm³/mol. The minimum Gasteiger partial charge on any atom is -0.355 e. The van der Waals surface area contributed by atoms with Crippen LogP contribution in [0.25, 0.3) is 66.9 Å². The van der Waals surface area contributed by atoms with Gasteiger partial charge in [0.25, 0.3) is 0 Å². The lowest BCUT2D eigenvalue weighted by molar-refractivity contribution is 1.31. The third-order valence-corrected chi connectivity index (χ3v) is 7.03. The van der Waals surface area contributed by atoms with Gasteiger partial charge in [0.15, 0.2) is 0 Å². The summed E-state index contributed by atoms with van der Waals surface area (Å²) in [6.45, 7) is 0. The zero-order valence-electron chi connectivity index (χ0n) is 17.5. The van der Waals surface area contributed by atoms with E-state index in [1.165, 1.54) is 15.0 Å². The first-order valence-electron chi connectivity index (χ1n) is 10.8. The van der Waals surface area contributed by atoms with Gasteiger partial charge in [-0.3, -0.25) is 0 Å². The number of aromatic amines is 2. The van der Waals surface area contributed by atoms with Gasteiger partial charge in [0.05, 0.1) is 22.8 Å². The molecule has 4 nitrogen and oxygen atoms in total. The molecule has 0 aliphatic carbocycles. The summed E-state index contributed by atoms with van der Waals surface area (Å²) in [5.74, 6) is 0. The average molecular weight is 443 g/mol. The molecule has 2 N–H and O–H groups in total. The quantitative estimate of drug-likeness (QED) is 0.276. The molecular formula is C28H18N4S. The van der Waals surface area contributed by atoms with Crippen LogP contribution >= 0.6 is 11.3 Å². The Morgan fingerprint density at radius 3 is 2.06 bits per heavy atom. The minimum absolute atomic E-state index is 0.927. The molecule has 6 heterocycles. The monoisotopic (exact) mass is 442 g/mol. The van der Waals surface area contributed by atoms with Gasteiger partial charge in [-0.2, -0.15) is 0 Å². The summed E-state index contributed by atoms with van der Waals surface area (Å²) in [5.41, 5.74) is 8.95. The highest BCUT2D eigenvalue weighted by Crippen LogP contribution is 2.38. The van der Waals surface area contributed by atoms with Gasteiger partial charge in [-0.25, -0.2) is 9.97 Å². The molecule has 0 fully saturated rings. The Balaban J connectivity index is 1.58. The van der Waals surface area contributed by atoms with Gasteiger partial charge >= 0.3 is 0 Å². The number of nitrogens with one attached hydrogen (secondary N) is 2. The molecule has 4 aromatic heterocycles. The van der Waals surface area contributed by atoms with E-state index < -0.39 is 0 Å². The molecule has 2 aliphatic heterocycles. The largest absolute Gasteiger partial charge is 0.355 e. The zero-order valence-corrected chi connectivity index (χ0v) is 18.4. The molecule has 0 amide bonds. The SMILES string of the molecule is C1=Cc2cc3ccc([nH]3)c(-c3cc4ccccc4s3)c3nc(cc4ccc(cc1n2)[nH]4)C=C3. The summed E-state index contributed by atoms with van der Waals surface area (Å²) < 4.78 is 1.27. The van der Waals surface area contributed by atoms with Gasteiger partial charge in [0, 0.05) is 37.2 Å². The fourth-order valence-corrected chi connectivity index (χ4v) is 5.50. The van der Waals surface area contributed by atoms with Crippen molar-refractivity contribution < 1.29 is 0 Å². The molecule has 5 aromatic rings. The Labute approximate surface area is 193 Å². The zero-order chi connectivity index (χ0) is 21.8. The fraction of sp³-hybridized carbons (Fsp3) is 0. The van der Waals surface area contributed by atoms with E-state index in [1.807, 2.05) is 12.2 Å². The second-order valence-corrected chi connectivity index (χ2v) is 9.29. The Hall–Kier alpha value is -4.22. The molecule has 0 unspecified atom stereocenters. The molecule has 7 rings (SSSR count). The van der Waals surface area contributed by atoms with Crippen LogP contribution in [0.1, 0.15) is 22.8 Å². The van der Waals surface area contributed by atoms with E-state index in [-0.39, 0.29) is 0 Å². The van der Waals surface area contributed by atoms with E-state index in [1.54, 1.807) is 11.3 Å². The Morgan fingerprint density at radius 1 is 0.606 bits per heavy atom. The van der Waals surface area contributed by atoms with Crippen molar-refractivity contribution in [3.8, 4) is 10.4 Å². The van der Waals surface area contributed by atoms with E-state index in [0.29, 0.717) is 0 Å². The Kier molecular flexibility index (Phi) is 3.98. The van der Waals surface area contributed by atoms with Crippen molar-refractivity contribution in [1.82, 2.24) is 19.9 Å². The van der Waals surface area contributed by atoms with Crippen molar-refractivity contribution in [2.24, 2.45) is 0 Å². The van der Waals surface area contributed by atoms with Crippen LogP contribution in [0.5, 0.6) is 0 Å². The number of hydrogen-bond acceptors (Lipinski definition) is 3. The standard InChI is InChI=1S/C28H18N4S/c1-2-4-26-17(3-1)13-27(33-26)28-24-11-9-22(31-24)15-20-7-5-18(29-20)14-19-6-8-21(30-19)16-23-10-12-25(28)32-23/h1-16,29,32H. The van der Waals surface area contributed by atoms with Crippen molar-refractivity contribution in [2.75, 3.05) is 0 Å². The lowest BCUT2D eigenvalue weighted by Crippen LogP contribution is -1.82. The Bertz CT molecular complexity index is 1750. The number of H-pyrrole nitrogens is 2. The summed E-state index contributed by atoms with van der Waals surface area (Å²) in [6, 6.07) is 25.3. The lowest BCUT2D eigenvalue weighted by Gasteiger charge is -1.99. The number of nitrogens with zero attached hydrogens (tertiary/aromatic N) is 2. The highest BCUT2D eigenvalue weighted by Gasteiger charge is 2.13. The molecule has 2 aliphatic rings. The van der Waals surface area contributed by atoms with E-state index in [0.717, 1.165) is 50.4 Å². The molecule has 0 saturated carbocycles. The molecule has 0 atom stereocenters. The Morgan fingerprint density at radius 2 is 1.27 bits per heavy atom. The smallest absolute Gasteiger partial charge is 0.0745 e. The molecule has 1 aromatic carbocycles. The lowest BCUT2D eigenvalue weighted by atomic mass is 10.1. The van der Waals surface area contributed by atoms with Crippen LogP contribution in [0.4, 0.5) is 0 Å². The van der Waals surface area contributed by atoms with E-state index >= 15 is 0 Å². The van der Waals surface area contributed by atoms with Gasteiger partial charge < -0.3 is 9.97 Å².